The molecule has 2 aromatic heterocycles. The van der Waals surface area contributed by atoms with Gasteiger partial charge in [-0.1, -0.05) is 17.3 Å². The highest BCUT2D eigenvalue weighted by Gasteiger charge is 2.13. The third kappa shape index (κ3) is 3.72. The van der Waals surface area contributed by atoms with Crippen molar-refractivity contribution in [2.75, 3.05) is 7.05 Å². The Morgan fingerprint density at radius 1 is 1.36 bits per heavy atom. The van der Waals surface area contributed by atoms with Gasteiger partial charge in [0.05, 0.1) is 17.3 Å². The first-order valence-electron chi connectivity index (χ1n) is 7.68. The minimum absolute atomic E-state index is 0.0179. The van der Waals surface area contributed by atoms with Gasteiger partial charge in [-0.05, 0) is 20.9 Å². The molecule has 0 bridgehead atoms. The van der Waals surface area contributed by atoms with Gasteiger partial charge in [0.25, 0.3) is 5.69 Å². The van der Waals surface area contributed by atoms with Crippen LogP contribution in [-0.2, 0) is 13.2 Å². The highest BCUT2D eigenvalue weighted by molar-refractivity contribution is 5.58. The van der Waals surface area contributed by atoms with E-state index in [1.54, 1.807) is 23.1 Å². The summed E-state index contributed by atoms with van der Waals surface area (Å²) in [5.41, 5.74) is 2.56. The van der Waals surface area contributed by atoms with Crippen LogP contribution in [0.1, 0.15) is 17.0 Å². The molecule has 130 valence electrons. The van der Waals surface area contributed by atoms with Crippen LogP contribution in [0.4, 0.5) is 5.69 Å². The summed E-state index contributed by atoms with van der Waals surface area (Å²) in [6, 6.07) is 6.28. The fourth-order valence-corrected chi connectivity index (χ4v) is 2.55. The Morgan fingerprint density at radius 2 is 2.16 bits per heavy atom. The van der Waals surface area contributed by atoms with E-state index in [-0.39, 0.29) is 5.69 Å². The zero-order valence-corrected chi connectivity index (χ0v) is 14.2. The standard InChI is InChI=1S/C16H18N6O3/c1-11-15(12(2)25-19-11)8-20(3)10-21-9-17-16(18-21)13-5-4-6-14(7-13)22(23)24/h4-7,9H,8,10H2,1-3H3. The number of aromatic nitrogens is 4. The van der Waals surface area contributed by atoms with Crippen molar-refractivity contribution < 1.29 is 9.45 Å². The van der Waals surface area contributed by atoms with Gasteiger partial charge in [0.15, 0.2) is 5.82 Å². The zero-order valence-electron chi connectivity index (χ0n) is 14.2. The van der Waals surface area contributed by atoms with Crippen molar-refractivity contribution in [2.45, 2.75) is 27.1 Å². The second kappa shape index (κ2) is 6.81. The van der Waals surface area contributed by atoms with Crippen LogP contribution in [0, 0.1) is 24.0 Å². The summed E-state index contributed by atoms with van der Waals surface area (Å²) in [4.78, 5) is 16.7. The Hall–Kier alpha value is -3.07. The molecule has 0 saturated carbocycles. The molecule has 9 heteroatoms. The van der Waals surface area contributed by atoms with Gasteiger partial charge in [0.2, 0.25) is 0 Å². The number of benzene rings is 1. The highest BCUT2D eigenvalue weighted by Crippen LogP contribution is 2.20. The van der Waals surface area contributed by atoms with Crippen molar-refractivity contribution in [3.63, 3.8) is 0 Å². The predicted molar refractivity (Wildman–Crippen MR) is 89.6 cm³/mol. The van der Waals surface area contributed by atoms with Gasteiger partial charge in [-0.15, -0.1) is 5.10 Å². The van der Waals surface area contributed by atoms with Crippen molar-refractivity contribution in [3.05, 3.63) is 57.7 Å². The number of hydrogen-bond donors (Lipinski definition) is 0. The van der Waals surface area contributed by atoms with Crippen LogP contribution in [0.2, 0.25) is 0 Å². The Morgan fingerprint density at radius 3 is 2.84 bits per heavy atom. The SMILES string of the molecule is Cc1noc(C)c1CN(C)Cn1cnc(-c2cccc([N+](=O)[O-])c2)n1. The van der Waals surface area contributed by atoms with E-state index in [4.69, 9.17) is 4.52 Å². The summed E-state index contributed by atoms with van der Waals surface area (Å²) in [6.07, 6.45) is 1.61. The summed E-state index contributed by atoms with van der Waals surface area (Å²) in [5, 5.41) is 19.2. The predicted octanol–water partition coefficient (Wildman–Crippen LogP) is 2.55. The lowest BCUT2D eigenvalue weighted by atomic mass is 10.2. The second-order valence-corrected chi connectivity index (χ2v) is 5.87. The topological polar surface area (TPSA) is 103 Å². The molecule has 0 spiro atoms. The van der Waals surface area contributed by atoms with Gasteiger partial charge in [0.1, 0.15) is 12.1 Å². The lowest BCUT2D eigenvalue weighted by Gasteiger charge is -2.15. The second-order valence-electron chi connectivity index (χ2n) is 5.87. The minimum atomic E-state index is -0.433. The molecule has 3 aromatic rings. The van der Waals surface area contributed by atoms with E-state index in [2.05, 4.69) is 20.1 Å². The van der Waals surface area contributed by atoms with Crippen molar-refractivity contribution in [1.82, 2.24) is 24.8 Å². The normalized spacial score (nSPS) is 11.2. The molecule has 0 aliphatic rings. The van der Waals surface area contributed by atoms with Gasteiger partial charge < -0.3 is 4.52 Å². The van der Waals surface area contributed by atoms with Gasteiger partial charge in [-0.3, -0.25) is 15.0 Å². The summed E-state index contributed by atoms with van der Waals surface area (Å²) >= 11 is 0. The van der Waals surface area contributed by atoms with Crippen molar-refractivity contribution in [2.24, 2.45) is 0 Å². The fourth-order valence-electron chi connectivity index (χ4n) is 2.55. The lowest BCUT2D eigenvalue weighted by molar-refractivity contribution is -0.384. The maximum absolute atomic E-state index is 10.9. The van der Waals surface area contributed by atoms with E-state index < -0.39 is 4.92 Å². The number of hydrogen-bond acceptors (Lipinski definition) is 7. The Kier molecular flexibility index (Phi) is 4.57. The molecule has 0 aliphatic carbocycles. The Balaban J connectivity index is 1.71. The summed E-state index contributed by atoms with van der Waals surface area (Å²) in [7, 11) is 1.96. The third-order valence-corrected chi connectivity index (χ3v) is 3.85. The van der Waals surface area contributed by atoms with Crippen LogP contribution < -0.4 is 0 Å². The van der Waals surface area contributed by atoms with E-state index in [0.29, 0.717) is 24.6 Å². The Labute approximate surface area is 144 Å². The monoisotopic (exact) mass is 342 g/mol. The van der Waals surface area contributed by atoms with Gasteiger partial charge >= 0.3 is 0 Å². The van der Waals surface area contributed by atoms with Gasteiger partial charge in [0, 0.05) is 29.8 Å². The molecule has 0 saturated heterocycles. The third-order valence-electron chi connectivity index (χ3n) is 3.85. The molecule has 25 heavy (non-hydrogen) atoms. The quantitative estimate of drug-likeness (QED) is 0.501. The molecule has 3 rings (SSSR count). The maximum atomic E-state index is 10.9. The minimum Gasteiger partial charge on any atom is -0.361 e. The summed E-state index contributed by atoms with van der Waals surface area (Å²) < 4.78 is 6.86. The highest BCUT2D eigenvalue weighted by atomic mass is 16.6. The largest absolute Gasteiger partial charge is 0.361 e. The maximum Gasteiger partial charge on any atom is 0.270 e. The van der Waals surface area contributed by atoms with E-state index >= 15 is 0 Å². The molecule has 0 unspecified atom stereocenters. The lowest BCUT2D eigenvalue weighted by Crippen LogP contribution is -2.22. The number of non-ortho nitro benzene ring substituents is 1. The number of nitro groups is 1. The van der Waals surface area contributed by atoms with Crippen LogP contribution in [0.25, 0.3) is 11.4 Å². The van der Waals surface area contributed by atoms with E-state index in [9.17, 15) is 10.1 Å². The molecule has 0 atom stereocenters. The molecular formula is C16H18N6O3. The molecule has 0 fully saturated rings. The number of rotatable bonds is 6. The van der Waals surface area contributed by atoms with Crippen molar-refractivity contribution >= 4 is 5.69 Å². The molecule has 2 heterocycles. The molecule has 9 nitrogen and oxygen atoms in total. The summed E-state index contributed by atoms with van der Waals surface area (Å²) in [5.74, 6) is 1.26. The summed E-state index contributed by atoms with van der Waals surface area (Å²) in [6.45, 7) is 4.99. The van der Waals surface area contributed by atoms with Crippen molar-refractivity contribution in [3.8, 4) is 11.4 Å². The number of nitrogens with zero attached hydrogens (tertiary/aromatic N) is 6. The molecule has 0 N–H and O–H groups in total. The molecule has 1 aromatic carbocycles. The van der Waals surface area contributed by atoms with E-state index in [1.165, 1.54) is 12.1 Å². The van der Waals surface area contributed by atoms with E-state index in [1.807, 2.05) is 20.9 Å². The first-order chi connectivity index (χ1) is 11.9. The van der Waals surface area contributed by atoms with Crippen LogP contribution in [0.5, 0.6) is 0 Å². The molecular weight excluding hydrogens is 324 g/mol. The van der Waals surface area contributed by atoms with Crippen LogP contribution in [0.3, 0.4) is 0 Å². The number of nitro benzene ring substituents is 1. The fraction of sp³-hybridized carbons (Fsp3) is 0.312. The van der Waals surface area contributed by atoms with Gasteiger partial charge in [-0.2, -0.15) is 0 Å². The first kappa shape index (κ1) is 16.8. The molecule has 0 amide bonds. The van der Waals surface area contributed by atoms with Crippen LogP contribution in [-0.4, -0.2) is 36.8 Å². The number of aryl methyl sites for hydroxylation is 2. The van der Waals surface area contributed by atoms with Crippen LogP contribution in [0.15, 0.2) is 35.1 Å². The average Bonchev–Trinajstić information content (AvgIpc) is 3.17. The molecule has 0 radical (unpaired) electrons. The van der Waals surface area contributed by atoms with Gasteiger partial charge in [-0.25, -0.2) is 9.67 Å². The van der Waals surface area contributed by atoms with Crippen LogP contribution >= 0.6 is 0 Å². The molecule has 0 aliphatic heterocycles. The smallest absolute Gasteiger partial charge is 0.270 e. The zero-order chi connectivity index (χ0) is 18.0. The van der Waals surface area contributed by atoms with Crippen molar-refractivity contribution in [1.29, 1.82) is 0 Å². The first-order valence-corrected chi connectivity index (χ1v) is 7.68. The van der Waals surface area contributed by atoms with E-state index in [0.717, 1.165) is 17.0 Å². The average molecular weight is 342 g/mol. The Bertz CT molecular complexity index is 881.